The Bertz CT molecular complexity index is 1140. The molecule has 35 heavy (non-hydrogen) atoms. The molecule has 0 fully saturated rings. The lowest BCUT2D eigenvalue weighted by Crippen LogP contribution is -2.24. The summed E-state index contributed by atoms with van der Waals surface area (Å²) < 4.78 is 18.2. The van der Waals surface area contributed by atoms with Gasteiger partial charge in [-0.2, -0.15) is 0 Å². The number of halogens is 2. The first-order valence-corrected chi connectivity index (χ1v) is 12.8. The van der Waals surface area contributed by atoms with E-state index in [4.69, 9.17) is 19.0 Å². The monoisotopic (exact) mass is 603 g/mol. The Morgan fingerprint density at radius 2 is 1.74 bits per heavy atom. The Kier molecular flexibility index (Phi) is 10.2. The summed E-state index contributed by atoms with van der Waals surface area (Å²) in [7, 11) is 1.66. The minimum Gasteiger partial charge on any atom is -0.496 e. The number of carbonyl (C=O) groups excluding carboxylic acids is 1. The molecule has 1 unspecified atom stereocenters. The molecule has 0 aliphatic carbocycles. The van der Waals surface area contributed by atoms with Crippen LogP contribution < -0.4 is 9.47 Å². The standard InChI is InChI=1S/C27H27Br2NO5/c1-4-24(27(31)33-5-2)35-30-17-19-14-22(28)26(23(29)15-19)34-21-11-12-25(32-3)20(16-21)13-18-9-7-6-8-10-18/h6-12,14-17,24H,4-5,13H2,1-3H3/b30-17-. The van der Waals surface area contributed by atoms with Crippen molar-refractivity contribution in [2.45, 2.75) is 32.8 Å². The lowest BCUT2D eigenvalue weighted by Gasteiger charge is -2.14. The van der Waals surface area contributed by atoms with Crippen LogP contribution in [0, 0.1) is 0 Å². The second-order valence-electron chi connectivity index (χ2n) is 7.54. The summed E-state index contributed by atoms with van der Waals surface area (Å²) in [5, 5.41) is 3.96. The smallest absolute Gasteiger partial charge is 0.350 e. The predicted molar refractivity (Wildman–Crippen MR) is 144 cm³/mol. The Balaban J connectivity index is 1.75. The highest BCUT2D eigenvalue weighted by molar-refractivity contribution is 9.11. The largest absolute Gasteiger partial charge is 0.496 e. The molecule has 0 bridgehead atoms. The quantitative estimate of drug-likeness (QED) is 0.131. The molecular weight excluding hydrogens is 578 g/mol. The average molecular weight is 605 g/mol. The third kappa shape index (κ3) is 7.57. The van der Waals surface area contributed by atoms with Gasteiger partial charge in [-0.15, -0.1) is 0 Å². The van der Waals surface area contributed by atoms with E-state index in [-0.39, 0.29) is 0 Å². The summed E-state index contributed by atoms with van der Waals surface area (Å²) in [4.78, 5) is 17.2. The first-order chi connectivity index (χ1) is 16.9. The van der Waals surface area contributed by atoms with Gasteiger partial charge < -0.3 is 19.0 Å². The Morgan fingerprint density at radius 1 is 1.03 bits per heavy atom. The molecule has 0 aromatic heterocycles. The molecule has 0 aliphatic rings. The summed E-state index contributed by atoms with van der Waals surface area (Å²) in [5.74, 6) is 1.68. The first kappa shape index (κ1) is 26.8. The van der Waals surface area contributed by atoms with E-state index in [0.717, 1.165) is 32.2 Å². The molecule has 0 aliphatic heterocycles. The number of esters is 1. The van der Waals surface area contributed by atoms with E-state index in [1.165, 1.54) is 11.8 Å². The SMILES string of the molecule is CCOC(=O)C(CC)O/N=C\c1cc(Br)c(Oc2ccc(OC)c(Cc3ccccc3)c2)c(Br)c1. The summed E-state index contributed by atoms with van der Waals surface area (Å²) in [5.41, 5.74) is 2.97. The lowest BCUT2D eigenvalue weighted by molar-refractivity contribution is -0.156. The van der Waals surface area contributed by atoms with Crippen LogP contribution in [0.25, 0.3) is 0 Å². The van der Waals surface area contributed by atoms with E-state index in [1.54, 1.807) is 14.0 Å². The zero-order chi connectivity index (χ0) is 25.2. The van der Waals surface area contributed by atoms with Crippen LogP contribution in [0.4, 0.5) is 0 Å². The Morgan fingerprint density at radius 3 is 2.37 bits per heavy atom. The number of hydrogen-bond acceptors (Lipinski definition) is 6. The number of hydrogen-bond donors (Lipinski definition) is 0. The van der Waals surface area contributed by atoms with Gasteiger partial charge in [0.2, 0.25) is 6.10 Å². The molecular formula is C27H27Br2NO5. The van der Waals surface area contributed by atoms with Crippen molar-refractivity contribution in [2.24, 2.45) is 5.16 Å². The van der Waals surface area contributed by atoms with Crippen molar-refractivity contribution in [2.75, 3.05) is 13.7 Å². The molecule has 3 rings (SSSR count). The fourth-order valence-corrected chi connectivity index (χ4v) is 4.71. The normalized spacial score (nSPS) is 11.8. The van der Waals surface area contributed by atoms with Gasteiger partial charge >= 0.3 is 5.97 Å². The summed E-state index contributed by atoms with van der Waals surface area (Å²) >= 11 is 7.16. The Labute approximate surface area is 222 Å². The van der Waals surface area contributed by atoms with Crippen molar-refractivity contribution in [3.8, 4) is 17.2 Å². The molecule has 0 spiro atoms. The summed E-state index contributed by atoms with van der Waals surface area (Å²) in [6.45, 7) is 3.88. The molecule has 0 N–H and O–H groups in total. The van der Waals surface area contributed by atoms with Crippen molar-refractivity contribution in [1.29, 1.82) is 0 Å². The van der Waals surface area contributed by atoms with Crippen LogP contribution in [0.15, 0.2) is 74.8 Å². The van der Waals surface area contributed by atoms with Crippen LogP contribution in [-0.2, 0) is 20.8 Å². The van der Waals surface area contributed by atoms with Gasteiger partial charge in [0.15, 0.2) is 5.75 Å². The number of methoxy groups -OCH3 is 1. The summed E-state index contributed by atoms with van der Waals surface area (Å²) in [6, 6.07) is 19.7. The molecule has 0 saturated carbocycles. The third-order valence-electron chi connectivity index (χ3n) is 5.04. The van der Waals surface area contributed by atoms with Crippen LogP contribution in [-0.4, -0.2) is 32.0 Å². The van der Waals surface area contributed by atoms with Gasteiger partial charge in [0.1, 0.15) is 11.5 Å². The van der Waals surface area contributed by atoms with Crippen molar-refractivity contribution < 1.29 is 23.8 Å². The first-order valence-electron chi connectivity index (χ1n) is 11.2. The molecule has 3 aromatic rings. The van der Waals surface area contributed by atoms with Gasteiger partial charge in [-0.1, -0.05) is 42.4 Å². The van der Waals surface area contributed by atoms with Crippen LogP contribution in [0.2, 0.25) is 0 Å². The third-order valence-corrected chi connectivity index (χ3v) is 6.22. The number of rotatable bonds is 11. The van der Waals surface area contributed by atoms with Crippen LogP contribution in [0.3, 0.4) is 0 Å². The predicted octanol–water partition coefficient (Wildman–Crippen LogP) is 7.30. The topological polar surface area (TPSA) is 66.4 Å². The van der Waals surface area contributed by atoms with Crippen molar-refractivity contribution in [3.05, 3.63) is 86.3 Å². The fourth-order valence-electron chi connectivity index (χ4n) is 3.33. The molecule has 8 heteroatoms. The van der Waals surface area contributed by atoms with E-state index in [2.05, 4.69) is 49.1 Å². The highest BCUT2D eigenvalue weighted by Gasteiger charge is 2.19. The maximum absolute atomic E-state index is 11.8. The summed E-state index contributed by atoms with van der Waals surface area (Å²) in [6.07, 6.45) is 1.99. The Hall–Kier alpha value is -2.84. The van der Waals surface area contributed by atoms with Crippen LogP contribution >= 0.6 is 31.9 Å². The molecule has 0 saturated heterocycles. The van der Waals surface area contributed by atoms with Gasteiger partial charge in [0, 0.05) is 12.0 Å². The van der Waals surface area contributed by atoms with Gasteiger partial charge in [-0.25, -0.2) is 4.79 Å². The second kappa shape index (κ2) is 13.3. The van der Waals surface area contributed by atoms with Gasteiger partial charge in [0.25, 0.3) is 0 Å². The molecule has 0 radical (unpaired) electrons. The highest BCUT2D eigenvalue weighted by Crippen LogP contribution is 2.39. The van der Waals surface area contributed by atoms with E-state index < -0.39 is 12.1 Å². The van der Waals surface area contributed by atoms with E-state index >= 15 is 0 Å². The number of ether oxygens (including phenoxy) is 3. The molecule has 0 heterocycles. The van der Waals surface area contributed by atoms with E-state index in [0.29, 0.717) is 24.5 Å². The average Bonchev–Trinajstić information content (AvgIpc) is 2.85. The number of oxime groups is 1. The molecule has 0 amide bonds. The number of nitrogens with zero attached hydrogens (tertiary/aromatic N) is 1. The van der Waals surface area contributed by atoms with E-state index in [9.17, 15) is 4.79 Å². The zero-order valence-corrected chi connectivity index (χ0v) is 23.0. The van der Waals surface area contributed by atoms with Crippen LogP contribution in [0.5, 0.6) is 17.2 Å². The van der Waals surface area contributed by atoms with Gasteiger partial charge in [0.05, 0.1) is 28.9 Å². The maximum atomic E-state index is 11.8. The lowest BCUT2D eigenvalue weighted by atomic mass is 10.0. The molecule has 6 nitrogen and oxygen atoms in total. The molecule has 3 aromatic carbocycles. The number of benzene rings is 3. The minimum absolute atomic E-state index is 0.297. The maximum Gasteiger partial charge on any atom is 0.350 e. The van der Waals surface area contributed by atoms with Gasteiger partial charge in [-0.05, 0) is 86.7 Å². The minimum atomic E-state index is -0.735. The zero-order valence-electron chi connectivity index (χ0n) is 19.8. The van der Waals surface area contributed by atoms with Crippen molar-refractivity contribution in [3.63, 3.8) is 0 Å². The van der Waals surface area contributed by atoms with E-state index in [1.807, 2.05) is 55.5 Å². The fraction of sp³-hybridized carbons (Fsp3) is 0.259. The second-order valence-corrected chi connectivity index (χ2v) is 9.25. The van der Waals surface area contributed by atoms with Gasteiger partial charge in [-0.3, -0.25) is 0 Å². The van der Waals surface area contributed by atoms with Crippen molar-refractivity contribution in [1.82, 2.24) is 0 Å². The van der Waals surface area contributed by atoms with Crippen LogP contribution in [0.1, 0.15) is 37.0 Å². The highest BCUT2D eigenvalue weighted by atomic mass is 79.9. The number of carbonyl (C=O) groups is 1. The molecule has 1 atom stereocenters. The van der Waals surface area contributed by atoms with Crippen molar-refractivity contribution >= 4 is 44.0 Å². The molecule has 184 valence electrons.